The largest absolute Gasteiger partial charge is 0.382 e. The van der Waals surface area contributed by atoms with Crippen molar-refractivity contribution >= 4 is 17.3 Å². The van der Waals surface area contributed by atoms with Crippen LogP contribution < -0.4 is 5.32 Å². The Morgan fingerprint density at radius 2 is 2.11 bits per heavy atom. The predicted octanol–water partition coefficient (Wildman–Crippen LogP) is 2.79. The Hall–Kier alpha value is -3.22. The molecule has 138 valence electrons. The fourth-order valence-electron chi connectivity index (χ4n) is 3.09. The number of fused-ring (bicyclic) bond motifs is 1. The van der Waals surface area contributed by atoms with Crippen LogP contribution in [0.5, 0.6) is 0 Å². The van der Waals surface area contributed by atoms with Crippen molar-refractivity contribution in [3.63, 3.8) is 0 Å². The van der Waals surface area contributed by atoms with E-state index in [9.17, 15) is 9.18 Å². The number of oxime groups is 1. The molecule has 0 saturated carbocycles. The van der Waals surface area contributed by atoms with Gasteiger partial charge in [-0.2, -0.15) is 0 Å². The summed E-state index contributed by atoms with van der Waals surface area (Å²) in [5.41, 5.74) is 4.41. The maximum atomic E-state index is 13.0. The topological polar surface area (TPSA) is 68.0 Å². The Morgan fingerprint density at radius 3 is 2.89 bits per heavy atom. The number of nitrogens with zero attached hydrogens (tertiary/aromatic N) is 3. The first-order valence-corrected chi connectivity index (χ1v) is 8.76. The van der Waals surface area contributed by atoms with Crippen LogP contribution in [0.1, 0.15) is 23.4 Å². The molecule has 0 spiro atoms. The molecule has 1 aliphatic rings. The maximum absolute atomic E-state index is 13.0. The molecule has 1 aromatic carbocycles. The first-order valence-electron chi connectivity index (χ1n) is 8.76. The third-order valence-corrected chi connectivity index (χ3v) is 4.53. The first kappa shape index (κ1) is 17.2. The van der Waals surface area contributed by atoms with Crippen molar-refractivity contribution in [2.24, 2.45) is 5.16 Å². The zero-order chi connectivity index (χ0) is 18.8. The lowest BCUT2D eigenvalue weighted by Gasteiger charge is -2.08. The lowest BCUT2D eigenvalue weighted by atomic mass is 10.0. The first-order chi connectivity index (χ1) is 13.1. The number of aryl methyl sites for hydroxylation is 1. The third-order valence-electron chi connectivity index (χ3n) is 4.53. The highest BCUT2D eigenvalue weighted by Crippen LogP contribution is 2.15. The number of carbonyl (C=O) groups excluding carboxylic acids is 1. The molecule has 3 aromatic rings. The number of hydrogen-bond acceptors (Lipinski definition) is 4. The van der Waals surface area contributed by atoms with Gasteiger partial charge in [-0.1, -0.05) is 23.4 Å². The molecule has 0 radical (unpaired) electrons. The minimum absolute atomic E-state index is 0.221. The molecule has 3 heterocycles. The third kappa shape index (κ3) is 3.81. The van der Waals surface area contributed by atoms with Crippen molar-refractivity contribution in [1.82, 2.24) is 14.7 Å². The zero-order valence-electron chi connectivity index (χ0n) is 14.9. The molecule has 0 saturated heterocycles. The fraction of sp³-hybridized carbons (Fsp3) is 0.250. The summed E-state index contributed by atoms with van der Waals surface area (Å²) in [4.78, 5) is 22.1. The van der Waals surface area contributed by atoms with Gasteiger partial charge in [-0.15, -0.1) is 0 Å². The van der Waals surface area contributed by atoms with Crippen LogP contribution in [0.15, 0.2) is 53.8 Å². The van der Waals surface area contributed by atoms with Crippen molar-refractivity contribution in [2.45, 2.75) is 32.4 Å². The number of aromatic nitrogens is 2. The molecule has 0 bridgehead atoms. The molecule has 27 heavy (non-hydrogen) atoms. The van der Waals surface area contributed by atoms with Gasteiger partial charge in [-0.05, 0) is 36.8 Å². The number of halogens is 1. The number of rotatable bonds is 5. The van der Waals surface area contributed by atoms with Crippen LogP contribution in [-0.4, -0.2) is 27.1 Å². The molecule has 1 unspecified atom stereocenters. The van der Waals surface area contributed by atoms with Gasteiger partial charge in [0, 0.05) is 24.7 Å². The second-order valence-corrected chi connectivity index (χ2v) is 6.60. The Labute approximate surface area is 155 Å². The van der Waals surface area contributed by atoms with Crippen LogP contribution in [0.4, 0.5) is 4.39 Å². The van der Waals surface area contributed by atoms with Crippen LogP contribution >= 0.6 is 0 Å². The van der Waals surface area contributed by atoms with E-state index in [1.54, 1.807) is 12.1 Å². The van der Waals surface area contributed by atoms with Gasteiger partial charge in [0.25, 0.3) is 5.91 Å². The SMILES string of the molecule is Cc1cccc2nc(CNC(=O)C3CC(Cc4ccc(F)cc4)=NO3)cn12. The van der Waals surface area contributed by atoms with Gasteiger partial charge >= 0.3 is 0 Å². The summed E-state index contributed by atoms with van der Waals surface area (Å²) in [6.07, 6.45) is 2.24. The molecular weight excluding hydrogens is 347 g/mol. The van der Waals surface area contributed by atoms with Crippen LogP contribution in [0.3, 0.4) is 0 Å². The summed E-state index contributed by atoms with van der Waals surface area (Å²) in [7, 11) is 0. The van der Waals surface area contributed by atoms with Crippen molar-refractivity contribution in [2.75, 3.05) is 0 Å². The van der Waals surface area contributed by atoms with Crippen molar-refractivity contribution in [1.29, 1.82) is 0 Å². The van der Waals surface area contributed by atoms with E-state index in [1.807, 2.05) is 35.7 Å². The number of pyridine rings is 1. The number of carbonyl (C=O) groups is 1. The van der Waals surface area contributed by atoms with Gasteiger partial charge in [-0.25, -0.2) is 9.37 Å². The normalized spacial score (nSPS) is 16.2. The molecule has 7 heteroatoms. The minimum Gasteiger partial charge on any atom is -0.382 e. The Bertz CT molecular complexity index is 1010. The molecule has 0 aliphatic carbocycles. The molecule has 1 atom stereocenters. The highest BCUT2D eigenvalue weighted by atomic mass is 19.1. The highest BCUT2D eigenvalue weighted by molar-refractivity contribution is 5.93. The molecule has 1 aliphatic heterocycles. The summed E-state index contributed by atoms with van der Waals surface area (Å²) in [6.45, 7) is 2.33. The van der Waals surface area contributed by atoms with Gasteiger partial charge in [0.1, 0.15) is 11.5 Å². The summed E-state index contributed by atoms with van der Waals surface area (Å²) in [5.74, 6) is -0.496. The second kappa shape index (κ2) is 7.19. The van der Waals surface area contributed by atoms with E-state index in [2.05, 4.69) is 15.5 Å². The van der Waals surface area contributed by atoms with E-state index in [0.717, 1.165) is 28.3 Å². The van der Waals surface area contributed by atoms with Gasteiger partial charge in [0.15, 0.2) is 0 Å². The molecule has 2 aromatic heterocycles. The van der Waals surface area contributed by atoms with Crippen molar-refractivity contribution in [3.05, 3.63) is 71.4 Å². The number of amides is 1. The second-order valence-electron chi connectivity index (χ2n) is 6.60. The smallest absolute Gasteiger partial charge is 0.264 e. The van der Waals surface area contributed by atoms with E-state index in [-0.39, 0.29) is 11.7 Å². The van der Waals surface area contributed by atoms with E-state index in [1.165, 1.54) is 12.1 Å². The average Bonchev–Trinajstić information content (AvgIpc) is 3.29. The number of nitrogens with one attached hydrogen (secondary N) is 1. The van der Waals surface area contributed by atoms with Gasteiger partial charge in [0.2, 0.25) is 6.10 Å². The molecule has 4 rings (SSSR count). The average molecular weight is 366 g/mol. The lowest BCUT2D eigenvalue weighted by Crippen LogP contribution is -2.34. The predicted molar refractivity (Wildman–Crippen MR) is 98.8 cm³/mol. The summed E-state index contributed by atoms with van der Waals surface area (Å²) in [6, 6.07) is 12.1. The molecule has 6 nitrogen and oxygen atoms in total. The minimum atomic E-state index is -0.640. The highest BCUT2D eigenvalue weighted by Gasteiger charge is 2.28. The van der Waals surface area contributed by atoms with E-state index < -0.39 is 6.10 Å². The number of imidazole rings is 1. The zero-order valence-corrected chi connectivity index (χ0v) is 14.9. The molecular formula is C20H19FN4O2. The van der Waals surface area contributed by atoms with Crippen molar-refractivity contribution < 1.29 is 14.0 Å². The summed E-state index contributed by atoms with van der Waals surface area (Å²) >= 11 is 0. The fourth-order valence-corrected chi connectivity index (χ4v) is 3.09. The van der Waals surface area contributed by atoms with Crippen LogP contribution in [0, 0.1) is 12.7 Å². The molecule has 1 N–H and O–H groups in total. The van der Waals surface area contributed by atoms with Gasteiger partial charge in [-0.3, -0.25) is 4.79 Å². The number of benzene rings is 1. The van der Waals surface area contributed by atoms with E-state index >= 15 is 0 Å². The summed E-state index contributed by atoms with van der Waals surface area (Å²) in [5, 5.41) is 6.85. The van der Waals surface area contributed by atoms with Gasteiger partial charge < -0.3 is 14.6 Å². The number of hydrogen-bond donors (Lipinski definition) is 1. The summed E-state index contributed by atoms with van der Waals surface area (Å²) < 4.78 is 15.0. The van der Waals surface area contributed by atoms with E-state index in [0.29, 0.717) is 19.4 Å². The van der Waals surface area contributed by atoms with Crippen LogP contribution in [-0.2, 0) is 22.6 Å². The molecule has 0 fully saturated rings. The molecule has 1 amide bonds. The monoisotopic (exact) mass is 366 g/mol. The Morgan fingerprint density at radius 1 is 1.30 bits per heavy atom. The van der Waals surface area contributed by atoms with E-state index in [4.69, 9.17) is 4.84 Å². The van der Waals surface area contributed by atoms with Crippen LogP contribution in [0.2, 0.25) is 0 Å². The van der Waals surface area contributed by atoms with Gasteiger partial charge in [0.05, 0.1) is 18.0 Å². The van der Waals surface area contributed by atoms with Crippen LogP contribution in [0.25, 0.3) is 5.65 Å². The maximum Gasteiger partial charge on any atom is 0.264 e. The van der Waals surface area contributed by atoms with Crippen molar-refractivity contribution in [3.8, 4) is 0 Å². The lowest BCUT2D eigenvalue weighted by molar-refractivity contribution is -0.131. The quantitative estimate of drug-likeness (QED) is 0.755. The Kier molecular flexibility index (Phi) is 4.58. The Balaban J connectivity index is 1.31. The standard InChI is InChI=1S/C20H19FN4O2/c1-13-3-2-4-19-23-17(12-25(13)19)11-22-20(26)18-10-16(24-27-18)9-14-5-7-15(21)8-6-14/h2-8,12,18H,9-11H2,1H3,(H,22,26).